The van der Waals surface area contributed by atoms with Crippen molar-refractivity contribution in [3.05, 3.63) is 48.0 Å². The van der Waals surface area contributed by atoms with E-state index in [4.69, 9.17) is 15.4 Å². The lowest BCUT2D eigenvalue weighted by Gasteiger charge is -2.17. The maximum absolute atomic E-state index is 12.1. The first-order valence-corrected chi connectivity index (χ1v) is 8.68. The smallest absolute Gasteiger partial charge is 0.335 e. The standard InChI is InChI=1S/C17H20N2O5S/c1-2-3-9-19-14-10-12(17(20)21)11-15(25(18,22)23)16(14)24-13-7-5-4-6-8-13/h4-8,10-11,19H,2-3,9H2,1H3,(H,20,21)(H2,18,22,23)/i2D2,3D2. The Labute approximate surface area is 152 Å². The van der Waals surface area contributed by atoms with Crippen LogP contribution in [0.3, 0.4) is 0 Å². The van der Waals surface area contributed by atoms with Crippen molar-refractivity contribution in [3.63, 3.8) is 0 Å². The average Bonchev–Trinajstić information content (AvgIpc) is 2.59. The number of benzene rings is 2. The van der Waals surface area contributed by atoms with Crippen molar-refractivity contribution < 1.29 is 28.5 Å². The van der Waals surface area contributed by atoms with Crippen LogP contribution in [0.4, 0.5) is 5.69 Å². The third-order valence-electron chi connectivity index (χ3n) is 3.12. The van der Waals surface area contributed by atoms with E-state index in [1.54, 1.807) is 18.2 Å². The van der Waals surface area contributed by atoms with Crippen molar-refractivity contribution in [2.24, 2.45) is 5.14 Å². The molecule has 25 heavy (non-hydrogen) atoms. The Kier molecular flexibility index (Phi) is 4.38. The number of rotatable bonds is 8. The number of hydrogen-bond acceptors (Lipinski definition) is 5. The summed E-state index contributed by atoms with van der Waals surface area (Å²) in [5.74, 6) is -1.52. The molecule has 8 heteroatoms. The van der Waals surface area contributed by atoms with Crippen LogP contribution in [-0.2, 0) is 10.0 Å². The molecule has 0 radical (unpaired) electrons. The van der Waals surface area contributed by atoms with Gasteiger partial charge in [-0.25, -0.2) is 18.4 Å². The van der Waals surface area contributed by atoms with Gasteiger partial charge in [0.25, 0.3) is 0 Å². The predicted molar refractivity (Wildman–Crippen MR) is 94.7 cm³/mol. The Morgan fingerprint density at radius 1 is 1.32 bits per heavy atom. The number of nitrogens with two attached hydrogens (primary N) is 1. The summed E-state index contributed by atoms with van der Waals surface area (Å²) in [6.45, 7) is 0.467. The topological polar surface area (TPSA) is 119 Å². The van der Waals surface area contributed by atoms with E-state index in [1.807, 2.05) is 0 Å². The van der Waals surface area contributed by atoms with Crippen LogP contribution in [0.5, 0.6) is 11.5 Å². The number of carboxylic acids is 1. The highest BCUT2D eigenvalue weighted by Crippen LogP contribution is 2.37. The number of nitrogens with one attached hydrogen (secondary N) is 1. The van der Waals surface area contributed by atoms with Crippen molar-refractivity contribution in [1.82, 2.24) is 0 Å². The number of carboxylic acid groups (broad SMARTS) is 1. The summed E-state index contributed by atoms with van der Waals surface area (Å²) >= 11 is 0. The number of primary sulfonamides is 1. The van der Waals surface area contributed by atoms with Crippen LogP contribution in [0.15, 0.2) is 47.4 Å². The zero-order chi connectivity index (χ0) is 22.0. The number of ether oxygens (including phenoxy) is 1. The van der Waals surface area contributed by atoms with Gasteiger partial charge in [0.15, 0.2) is 5.75 Å². The van der Waals surface area contributed by atoms with Crippen LogP contribution in [0.1, 0.15) is 35.5 Å². The lowest BCUT2D eigenvalue weighted by molar-refractivity contribution is 0.0696. The first-order valence-electron chi connectivity index (χ1n) is 9.13. The number of carbonyl (C=O) groups is 1. The normalized spacial score (nSPS) is 14.6. The van der Waals surface area contributed by atoms with E-state index in [0.29, 0.717) is 0 Å². The SMILES string of the molecule is [2H]C([2H])(C)C([2H])([2H])CNc1cc(C(=O)O)cc(S(N)(=O)=O)c1Oc1ccccc1. The number of para-hydroxylation sites is 1. The van der Waals surface area contributed by atoms with Gasteiger partial charge in [0.1, 0.15) is 10.6 Å². The van der Waals surface area contributed by atoms with Crippen molar-refractivity contribution in [3.8, 4) is 11.5 Å². The molecule has 134 valence electrons. The molecule has 0 fully saturated rings. The maximum Gasteiger partial charge on any atom is 0.335 e. The molecule has 0 aliphatic carbocycles. The van der Waals surface area contributed by atoms with Crippen molar-refractivity contribution in [2.75, 3.05) is 11.9 Å². The molecule has 0 amide bonds. The van der Waals surface area contributed by atoms with Gasteiger partial charge in [0.05, 0.1) is 11.3 Å². The fraction of sp³-hybridized carbons (Fsp3) is 0.235. The molecule has 0 spiro atoms. The van der Waals surface area contributed by atoms with Crippen LogP contribution in [-0.4, -0.2) is 26.0 Å². The van der Waals surface area contributed by atoms with E-state index in [1.165, 1.54) is 12.1 Å². The highest BCUT2D eigenvalue weighted by molar-refractivity contribution is 7.89. The molecule has 0 saturated carbocycles. The summed E-state index contributed by atoms with van der Waals surface area (Å²) < 4.78 is 60.7. The Balaban J connectivity index is 2.62. The molecule has 0 atom stereocenters. The average molecular weight is 368 g/mol. The molecule has 0 aliphatic heterocycles. The van der Waals surface area contributed by atoms with E-state index < -0.39 is 45.7 Å². The summed E-state index contributed by atoms with van der Waals surface area (Å²) in [6, 6.07) is 9.95. The molecular formula is C17H20N2O5S. The van der Waals surface area contributed by atoms with Gasteiger partial charge in [0, 0.05) is 12.0 Å². The zero-order valence-electron chi connectivity index (χ0n) is 17.3. The van der Waals surface area contributed by atoms with Crippen LogP contribution >= 0.6 is 0 Å². The summed E-state index contributed by atoms with van der Waals surface area (Å²) in [5, 5.41) is 17.1. The van der Waals surface area contributed by atoms with E-state index in [2.05, 4.69) is 5.32 Å². The zero-order valence-corrected chi connectivity index (χ0v) is 14.1. The molecule has 4 N–H and O–H groups in total. The van der Waals surface area contributed by atoms with Crippen LogP contribution in [0.2, 0.25) is 0 Å². The van der Waals surface area contributed by atoms with E-state index in [0.717, 1.165) is 19.1 Å². The third kappa shape index (κ3) is 4.94. The largest absolute Gasteiger partial charge is 0.478 e. The quantitative estimate of drug-likeness (QED) is 0.659. The lowest BCUT2D eigenvalue weighted by atomic mass is 10.1. The van der Waals surface area contributed by atoms with Crippen molar-refractivity contribution >= 4 is 21.7 Å². The highest BCUT2D eigenvalue weighted by atomic mass is 32.2. The Bertz CT molecular complexity index is 1010. The van der Waals surface area contributed by atoms with Gasteiger partial charge in [-0.2, -0.15) is 0 Å². The van der Waals surface area contributed by atoms with Crippen molar-refractivity contribution in [2.45, 2.75) is 24.6 Å². The summed E-state index contributed by atoms with van der Waals surface area (Å²) in [5.41, 5.74) is -0.581. The van der Waals surface area contributed by atoms with E-state index in [-0.39, 0.29) is 17.2 Å². The maximum atomic E-state index is 12.1. The molecule has 0 saturated heterocycles. The minimum Gasteiger partial charge on any atom is -0.478 e. The number of hydrogen-bond donors (Lipinski definition) is 3. The van der Waals surface area contributed by atoms with Gasteiger partial charge in [-0.15, -0.1) is 0 Å². The number of anilines is 1. The Morgan fingerprint density at radius 3 is 2.56 bits per heavy atom. The van der Waals surface area contributed by atoms with E-state index >= 15 is 0 Å². The lowest BCUT2D eigenvalue weighted by Crippen LogP contribution is -2.16. The Hall–Kier alpha value is -2.58. The van der Waals surface area contributed by atoms with Gasteiger partial charge < -0.3 is 15.2 Å². The summed E-state index contributed by atoms with van der Waals surface area (Å²) in [7, 11) is -4.41. The fourth-order valence-corrected chi connectivity index (χ4v) is 2.71. The van der Waals surface area contributed by atoms with Crippen LogP contribution < -0.4 is 15.2 Å². The van der Waals surface area contributed by atoms with Crippen molar-refractivity contribution in [1.29, 1.82) is 0 Å². The van der Waals surface area contributed by atoms with Gasteiger partial charge in [0.2, 0.25) is 10.0 Å². The molecule has 2 aromatic carbocycles. The van der Waals surface area contributed by atoms with E-state index in [9.17, 15) is 18.3 Å². The minimum absolute atomic E-state index is 0.161. The Morgan fingerprint density at radius 2 is 2.00 bits per heavy atom. The van der Waals surface area contributed by atoms with Crippen LogP contribution in [0.25, 0.3) is 0 Å². The molecule has 0 unspecified atom stereocenters. The fourth-order valence-electron chi connectivity index (χ4n) is 2.01. The molecule has 2 aromatic rings. The first-order chi connectivity index (χ1) is 13.2. The molecule has 7 nitrogen and oxygen atoms in total. The third-order valence-corrected chi connectivity index (χ3v) is 4.03. The minimum atomic E-state index is -4.41. The van der Waals surface area contributed by atoms with Gasteiger partial charge in [-0.3, -0.25) is 0 Å². The molecule has 0 aromatic heterocycles. The second-order valence-electron chi connectivity index (χ2n) is 4.90. The summed E-state index contributed by atoms with van der Waals surface area (Å²) in [6.07, 6.45) is -4.59. The molecule has 0 heterocycles. The number of aromatic carboxylic acids is 1. The predicted octanol–water partition coefficient (Wildman–Crippen LogP) is 3.04. The second-order valence-corrected chi connectivity index (χ2v) is 6.43. The monoisotopic (exact) mass is 368 g/mol. The molecule has 2 rings (SSSR count). The van der Waals surface area contributed by atoms with Gasteiger partial charge in [-0.1, -0.05) is 31.5 Å². The number of sulfonamides is 1. The highest BCUT2D eigenvalue weighted by Gasteiger charge is 2.23. The van der Waals surface area contributed by atoms with Gasteiger partial charge in [-0.05, 0) is 30.6 Å². The first kappa shape index (κ1) is 13.7. The molecular weight excluding hydrogens is 344 g/mol. The molecule has 0 aliphatic rings. The summed E-state index contributed by atoms with van der Waals surface area (Å²) in [4.78, 5) is 10.8. The van der Waals surface area contributed by atoms with Gasteiger partial charge >= 0.3 is 5.97 Å². The van der Waals surface area contributed by atoms with Crippen LogP contribution in [0, 0.1) is 0 Å². The second kappa shape index (κ2) is 8.00. The molecule has 0 bridgehead atoms.